The van der Waals surface area contributed by atoms with E-state index in [0.29, 0.717) is 0 Å². The molecular weight excluding hydrogens is 595 g/mol. The van der Waals surface area contributed by atoms with Crippen molar-refractivity contribution in [2.24, 2.45) is 0 Å². The topological polar surface area (TPSA) is 13.1 Å². The standard InChI is InChI=1S/C46H31N3/c1-3-16-34(17-4-1)47(43-24-13-25-44-46(43)40-21-10-12-23-42(40)48(44)35-18-5-2-6-19-35)37-28-29-39-38-20-9-11-22-41(38)49(45(39)31-37)36-27-26-32-14-7-8-15-33(32)30-36/h1-31H. The number of nitrogens with zero attached hydrogens (tertiary/aromatic N) is 3. The van der Waals surface area contributed by atoms with Gasteiger partial charge >= 0.3 is 0 Å². The molecule has 49 heavy (non-hydrogen) atoms. The number of para-hydroxylation sites is 4. The van der Waals surface area contributed by atoms with Gasteiger partial charge in [-0.25, -0.2) is 0 Å². The molecule has 0 radical (unpaired) electrons. The molecule has 0 saturated heterocycles. The smallest absolute Gasteiger partial charge is 0.0562 e. The van der Waals surface area contributed by atoms with E-state index in [0.717, 1.165) is 28.4 Å². The van der Waals surface area contributed by atoms with Crippen LogP contribution in [-0.4, -0.2) is 9.13 Å². The van der Waals surface area contributed by atoms with Gasteiger partial charge < -0.3 is 14.0 Å². The molecule has 0 aliphatic heterocycles. The molecule has 0 spiro atoms. The fourth-order valence-corrected chi connectivity index (χ4v) is 7.74. The molecule has 0 bridgehead atoms. The molecular formula is C46H31N3. The van der Waals surface area contributed by atoms with Gasteiger partial charge in [-0.1, -0.05) is 115 Å². The first-order valence-electron chi connectivity index (χ1n) is 16.8. The molecule has 0 N–H and O–H groups in total. The summed E-state index contributed by atoms with van der Waals surface area (Å²) in [6.07, 6.45) is 0. The van der Waals surface area contributed by atoms with Crippen molar-refractivity contribution in [3.63, 3.8) is 0 Å². The van der Waals surface area contributed by atoms with Crippen molar-refractivity contribution in [2.45, 2.75) is 0 Å². The van der Waals surface area contributed by atoms with Gasteiger partial charge in [0, 0.05) is 44.3 Å². The molecule has 0 aliphatic rings. The molecule has 10 rings (SSSR count). The normalized spacial score (nSPS) is 11.7. The van der Waals surface area contributed by atoms with E-state index in [2.05, 4.69) is 202 Å². The molecule has 0 fully saturated rings. The zero-order valence-corrected chi connectivity index (χ0v) is 26.7. The highest BCUT2D eigenvalue weighted by Crippen LogP contribution is 2.45. The molecule has 0 aliphatic carbocycles. The van der Waals surface area contributed by atoms with Crippen LogP contribution in [0.1, 0.15) is 0 Å². The molecule has 3 heteroatoms. The highest BCUT2D eigenvalue weighted by Gasteiger charge is 2.22. The summed E-state index contributed by atoms with van der Waals surface area (Å²) in [4.78, 5) is 2.42. The molecule has 0 saturated carbocycles. The summed E-state index contributed by atoms with van der Waals surface area (Å²) in [5.74, 6) is 0. The van der Waals surface area contributed by atoms with E-state index in [-0.39, 0.29) is 0 Å². The average Bonchev–Trinajstić information content (AvgIpc) is 3.69. The second-order valence-electron chi connectivity index (χ2n) is 12.6. The SMILES string of the molecule is c1ccc(N(c2ccc3c4ccccc4n(-c4ccc5ccccc5c4)c3c2)c2cccc3c2c2ccccc2n3-c2ccccc2)cc1. The van der Waals surface area contributed by atoms with E-state index < -0.39 is 0 Å². The number of aromatic nitrogens is 2. The lowest BCUT2D eigenvalue weighted by Crippen LogP contribution is -2.10. The van der Waals surface area contributed by atoms with E-state index in [1.165, 1.54) is 54.4 Å². The molecule has 8 aromatic carbocycles. The van der Waals surface area contributed by atoms with Crippen LogP contribution in [0.15, 0.2) is 188 Å². The lowest BCUT2D eigenvalue weighted by Gasteiger charge is -2.27. The van der Waals surface area contributed by atoms with Gasteiger partial charge in [-0.2, -0.15) is 0 Å². The molecule has 2 heterocycles. The summed E-state index contributed by atoms with van der Waals surface area (Å²) in [6, 6.07) is 68.0. The quantitative estimate of drug-likeness (QED) is 0.185. The van der Waals surface area contributed by atoms with E-state index in [4.69, 9.17) is 0 Å². The Hall–Kier alpha value is -6.58. The minimum atomic E-state index is 1.10. The van der Waals surface area contributed by atoms with Gasteiger partial charge in [0.25, 0.3) is 0 Å². The average molecular weight is 626 g/mol. The second kappa shape index (κ2) is 11.0. The van der Waals surface area contributed by atoms with Gasteiger partial charge in [-0.3, -0.25) is 0 Å². The first kappa shape index (κ1) is 27.5. The van der Waals surface area contributed by atoms with Crippen molar-refractivity contribution in [3.05, 3.63) is 188 Å². The van der Waals surface area contributed by atoms with Crippen LogP contribution in [0, 0.1) is 0 Å². The first-order valence-corrected chi connectivity index (χ1v) is 16.8. The van der Waals surface area contributed by atoms with Crippen LogP contribution in [0.25, 0.3) is 65.8 Å². The Morgan fingerprint density at radius 2 is 0.939 bits per heavy atom. The number of hydrogen-bond acceptors (Lipinski definition) is 1. The van der Waals surface area contributed by atoms with Crippen molar-refractivity contribution in [1.82, 2.24) is 9.13 Å². The highest BCUT2D eigenvalue weighted by atomic mass is 15.1. The molecule has 2 aromatic heterocycles. The van der Waals surface area contributed by atoms with Gasteiger partial charge in [-0.05, 0) is 83.6 Å². The Balaban J connectivity index is 1.27. The minimum Gasteiger partial charge on any atom is -0.310 e. The summed E-state index contributed by atoms with van der Waals surface area (Å²) < 4.78 is 4.81. The van der Waals surface area contributed by atoms with Crippen molar-refractivity contribution in [3.8, 4) is 11.4 Å². The maximum absolute atomic E-state index is 2.42. The molecule has 230 valence electrons. The first-order chi connectivity index (χ1) is 24.3. The van der Waals surface area contributed by atoms with Crippen LogP contribution in [0.3, 0.4) is 0 Å². The van der Waals surface area contributed by atoms with Crippen LogP contribution in [0.5, 0.6) is 0 Å². The maximum atomic E-state index is 2.42. The Morgan fingerprint density at radius 3 is 1.76 bits per heavy atom. The molecule has 0 amide bonds. The zero-order valence-electron chi connectivity index (χ0n) is 26.7. The van der Waals surface area contributed by atoms with Crippen LogP contribution in [0.4, 0.5) is 17.1 Å². The molecule has 10 aromatic rings. The summed E-state index contributed by atoms with van der Waals surface area (Å²) in [5.41, 5.74) is 10.4. The number of fused-ring (bicyclic) bond motifs is 7. The van der Waals surface area contributed by atoms with E-state index >= 15 is 0 Å². The molecule has 0 unspecified atom stereocenters. The number of rotatable bonds is 5. The zero-order chi connectivity index (χ0) is 32.3. The third-order valence-electron chi connectivity index (χ3n) is 9.85. The van der Waals surface area contributed by atoms with E-state index in [1.807, 2.05) is 0 Å². The summed E-state index contributed by atoms with van der Waals surface area (Å²) >= 11 is 0. The maximum Gasteiger partial charge on any atom is 0.0562 e. The van der Waals surface area contributed by atoms with E-state index in [9.17, 15) is 0 Å². The molecule has 3 nitrogen and oxygen atoms in total. The minimum absolute atomic E-state index is 1.10. The number of benzene rings is 8. The van der Waals surface area contributed by atoms with Gasteiger partial charge in [0.05, 0.1) is 27.8 Å². The third-order valence-corrected chi connectivity index (χ3v) is 9.85. The lowest BCUT2D eigenvalue weighted by atomic mass is 10.1. The molecule has 0 atom stereocenters. The predicted molar refractivity (Wildman–Crippen MR) is 207 cm³/mol. The lowest BCUT2D eigenvalue weighted by molar-refractivity contribution is 1.18. The van der Waals surface area contributed by atoms with E-state index in [1.54, 1.807) is 0 Å². The Bertz CT molecular complexity index is 2830. The van der Waals surface area contributed by atoms with Gasteiger partial charge in [0.2, 0.25) is 0 Å². The Kier molecular flexibility index (Phi) is 6.18. The fourth-order valence-electron chi connectivity index (χ4n) is 7.74. The Labute approximate surface area is 284 Å². The van der Waals surface area contributed by atoms with Crippen molar-refractivity contribution in [2.75, 3.05) is 4.90 Å². The summed E-state index contributed by atoms with van der Waals surface area (Å²) in [6.45, 7) is 0. The van der Waals surface area contributed by atoms with Crippen molar-refractivity contribution < 1.29 is 0 Å². The predicted octanol–water partition coefficient (Wildman–Crippen LogP) is 12.5. The van der Waals surface area contributed by atoms with Crippen molar-refractivity contribution >= 4 is 71.4 Å². The number of anilines is 3. The Morgan fingerprint density at radius 1 is 0.327 bits per heavy atom. The summed E-state index contributed by atoms with van der Waals surface area (Å²) in [5, 5.41) is 7.40. The van der Waals surface area contributed by atoms with Crippen LogP contribution in [-0.2, 0) is 0 Å². The highest BCUT2D eigenvalue weighted by molar-refractivity contribution is 6.17. The monoisotopic (exact) mass is 625 g/mol. The van der Waals surface area contributed by atoms with Gasteiger partial charge in [-0.15, -0.1) is 0 Å². The number of hydrogen-bond donors (Lipinski definition) is 0. The van der Waals surface area contributed by atoms with Crippen LogP contribution >= 0.6 is 0 Å². The van der Waals surface area contributed by atoms with Crippen LogP contribution < -0.4 is 4.90 Å². The van der Waals surface area contributed by atoms with Gasteiger partial charge in [0.15, 0.2) is 0 Å². The summed E-state index contributed by atoms with van der Waals surface area (Å²) in [7, 11) is 0. The van der Waals surface area contributed by atoms with Gasteiger partial charge in [0.1, 0.15) is 0 Å². The van der Waals surface area contributed by atoms with Crippen LogP contribution in [0.2, 0.25) is 0 Å². The second-order valence-corrected chi connectivity index (χ2v) is 12.6. The fraction of sp³-hybridized carbons (Fsp3) is 0. The third kappa shape index (κ3) is 4.29. The van der Waals surface area contributed by atoms with Crippen molar-refractivity contribution in [1.29, 1.82) is 0 Å². The largest absolute Gasteiger partial charge is 0.310 e.